The Labute approximate surface area is 64.5 Å². The van der Waals surface area contributed by atoms with Crippen LogP contribution in [0.5, 0.6) is 0 Å². The van der Waals surface area contributed by atoms with Crippen LogP contribution in [0.1, 0.15) is 41.0 Å². The van der Waals surface area contributed by atoms with Crippen LogP contribution in [-0.4, -0.2) is 11.2 Å². The van der Waals surface area contributed by atoms with Crippen molar-refractivity contribution in [2.24, 2.45) is 11.3 Å². The van der Waals surface area contributed by atoms with Crippen molar-refractivity contribution in [1.29, 1.82) is 0 Å². The molecule has 0 saturated carbocycles. The monoisotopic (exact) mass is 144 g/mol. The van der Waals surface area contributed by atoms with Crippen molar-refractivity contribution in [3.05, 3.63) is 0 Å². The van der Waals surface area contributed by atoms with Gasteiger partial charge < -0.3 is 5.11 Å². The molecule has 0 amide bonds. The Bertz CT molecular complexity index is 89.4. The maximum Gasteiger partial charge on any atom is 0.0568 e. The van der Waals surface area contributed by atoms with Crippen molar-refractivity contribution in [3.8, 4) is 0 Å². The third kappa shape index (κ3) is 4.80. The Balaban J connectivity index is 3.68. The zero-order valence-corrected chi connectivity index (χ0v) is 7.81. The fourth-order valence-corrected chi connectivity index (χ4v) is 0.863. The molecule has 0 aliphatic heterocycles. The zero-order valence-electron chi connectivity index (χ0n) is 7.81. The Morgan fingerprint density at radius 1 is 1.20 bits per heavy atom. The average molecular weight is 144 g/mol. The highest BCUT2D eigenvalue weighted by Crippen LogP contribution is 2.23. The number of rotatable bonds is 2. The molecular formula is C9H20O. The topological polar surface area (TPSA) is 20.2 Å². The standard InChI is InChI=1S/C9H20O/c1-7(2)8(10)6-9(3,4)5/h7-8,10H,6H2,1-5H3/t8-/m0/s1. The molecule has 0 aliphatic rings. The van der Waals surface area contributed by atoms with E-state index in [0.29, 0.717) is 5.92 Å². The lowest BCUT2D eigenvalue weighted by atomic mass is 9.86. The molecule has 10 heavy (non-hydrogen) atoms. The molecule has 0 rings (SSSR count). The van der Waals surface area contributed by atoms with Crippen molar-refractivity contribution < 1.29 is 5.11 Å². The molecule has 1 heteroatoms. The maximum atomic E-state index is 9.46. The van der Waals surface area contributed by atoms with Gasteiger partial charge in [-0.15, -0.1) is 0 Å². The lowest BCUT2D eigenvalue weighted by molar-refractivity contribution is 0.0803. The molecule has 0 aliphatic carbocycles. The molecular weight excluding hydrogens is 124 g/mol. The summed E-state index contributed by atoms with van der Waals surface area (Å²) in [7, 11) is 0. The quantitative estimate of drug-likeness (QED) is 0.631. The Kier molecular flexibility index (Phi) is 3.37. The van der Waals surface area contributed by atoms with E-state index in [1.54, 1.807) is 0 Å². The molecule has 1 N–H and O–H groups in total. The van der Waals surface area contributed by atoms with E-state index in [-0.39, 0.29) is 11.5 Å². The van der Waals surface area contributed by atoms with Crippen LogP contribution in [0.2, 0.25) is 0 Å². The largest absolute Gasteiger partial charge is 0.393 e. The first-order chi connectivity index (χ1) is 4.33. The van der Waals surface area contributed by atoms with Crippen LogP contribution >= 0.6 is 0 Å². The minimum atomic E-state index is -0.139. The molecule has 0 aromatic heterocycles. The van der Waals surface area contributed by atoms with Crippen LogP contribution in [0.15, 0.2) is 0 Å². The highest BCUT2D eigenvalue weighted by molar-refractivity contribution is 4.69. The predicted octanol–water partition coefficient (Wildman–Crippen LogP) is 2.44. The van der Waals surface area contributed by atoms with Gasteiger partial charge >= 0.3 is 0 Å². The Morgan fingerprint density at radius 2 is 1.60 bits per heavy atom. The van der Waals surface area contributed by atoms with Gasteiger partial charge in [0.1, 0.15) is 0 Å². The molecule has 0 radical (unpaired) electrons. The summed E-state index contributed by atoms with van der Waals surface area (Å²) < 4.78 is 0. The molecule has 0 saturated heterocycles. The Hall–Kier alpha value is -0.0400. The van der Waals surface area contributed by atoms with E-state index in [0.717, 1.165) is 6.42 Å². The molecule has 0 bridgehead atoms. The third-order valence-electron chi connectivity index (χ3n) is 1.59. The summed E-state index contributed by atoms with van der Waals surface area (Å²) in [4.78, 5) is 0. The molecule has 0 aromatic rings. The van der Waals surface area contributed by atoms with Gasteiger partial charge in [0.15, 0.2) is 0 Å². The van der Waals surface area contributed by atoms with Crippen LogP contribution in [0.25, 0.3) is 0 Å². The first-order valence-corrected chi connectivity index (χ1v) is 4.01. The molecule has 0 aromatic carbocycles. The second-order valence-electron chi connectivity index (χ2n) is 4.58. The summed E-state index contributed by atoms with van der Waals surface area (Å²) in [5.41, 5.74) is 0.254. The van der Waals surface area contributed by atoms with E-state index in [1.165, 1.54) is 0 Å². The lowest BCUT2D eigenvalue weighted by Gasteiger charge is -2.24. The van der Waals surface area contributed by atoms with Crippen molar-refractivity contribution in [2.45, 2.75) is 47.1 Å². The summed E-state index contributed by atoms with van der Waals surface area (Å²) in [6.07, 6.45) is 0.755. The highest BCUT2D eigenvalue weighted by Gasteiger charge is 2.18. The fraction of sp³-hybridized carbons (Fsp3) is 1.00. The van der Waals surface area contributed by atoms with E-state index >= 15 is 0 Å². The van der Waals surface area contributed by atoms with Crippen LogP contribution in [0, 0.1) is 11.3 Å². The second kappa shape index (κ2) is 3.38. The number of hydrogen-bond acceptors (Lipinski definition) is 1. The molecule has 0 spiro atoms. The van der Waals surface area contributed by atoms with Gasteiger partial charge in [-0.25, -0.2) is 0 Å². The fourth-order valence-electron chi connectivity index (χ4n) is 0.863. The summed E-state index contributed by atoms with van der Waals surface area (Å²) in [6, 6.07) is 0. The molecule has 62 valence electrons. The molecule has 1 nitrogen and oxygen atoms in total. The van der Waals surface area contributed by atoms with Crippen molar-refractivity contribution in [2.75, 3.05) is 0 Å². The van der Waals surface area contributed by atoms with Gasteiger partial charge in [0.2, 0.25) is 0 Å². The number of hydrogen-bond donors (Lipinski definition) is 1. The van der Waals surface area contributed by atoms with Crippen molar-refractivity contribution >= 4 is 0 Å². The third-order valence-corrected chi connectivity index (χ3v) is 1.59. The van der Waals surface area contributed by atoms with Gasteiger partial charge in [-0.2, -0.15) is 0 Å². The van der Waals surface area contributed by atoms with Gasteiger partial charge in [0.05, 0.1) is 6.10 Å². The van der Waals surface area contributed by atoms with Gasteiger partial charge in [-0.1, -0.05) is 34.6 Å². The second-order valence-corrected chi connectivity index (χ2v) is 4.58. The normalized spacial score (nSPS) is 15.9. The first-order valence-electron chi connectivity index (χ1n) is 4.01. The maximum absolute atomic E-state index is 9.46. The van der Waals surface area contributed by atoms with E-state index in [4.69, 9.17) is 0 Å². The zero-order chi connectivity index (χ0) is 8.36. The SMILES string of the molecule is CC(C)[C@@H](O)CC(C)(C)C. The average Bonchev–Trinajstić information content (AvgIpc) is 1.60. The lowest BCUT2D eigenvalue weighted by Crippen LogP contribution is -2.22. The van der Waals surface area contributed by atoms with E-state index < -0.39 is 0 Å². The predicted molar refractivity (Wildman–Crippen MR) is 44.9 cm³/mol. The molecule has 0 unspecified atom stereocenters. The minimum Gasteiger partial charge on any atom is -0.393 e. The smallest absolute Gasteiger partial charge is 0.0568 e. The summed E-state index contributed by atoms with van der Waals surface area (Å²) in [6.45, 7) is 10.6. The van der Waals surface area contributed by atoms with Crippen LogP contribution in [0.4, 0.5) is 0 Å². The summed E-state index contributed by atoms with van der Waals surface area (Å²) >= 11 is 0. The van der Waals surface area contributed by atoms with E-state index in [1.807, 2.05) is 0 Å². The van der Waals surface area contributed by atoms with Gasteiger partial charge in [0, 0.05) is 0 Å². The highest BCUT2D eigenvalue weighted by atomic mass is 16.3. The summed E-state index contributed by atoms with van der Waals surface area (Å²) in [5.74, 6) is 0.388. The van der Waals surface area contributed by atoms with E-state index in [9.17, 15) is 5.11 Å². The van der Waals surface area contributed by atoms with Crippen LogP contribution < -0.4 is 0 Å². The molecule has 0 fully saturated rings. The van der Waals surface area contributed by atoms with Crippen molar-refractivity contribution in [1.82, 2.24) is 0 Å². The minimum absolute atomic E-state index is 0.139. The van der Waals surface area contributed by atoms with E-state index in [2.05, 4.69) is 34.6 Å². The number of aliphatic hydroxyl groups is 1. The van der Waals surface area contributed by atoms with Crippen LogP contribution in [0.3, 0.4) is 0 Å². The molecule has 0 heterocycles. The number of aliphatic hydroxyl groups excluding tert-OH is 1. The molecule has 1 atom stereocenters. The van der Waals surface area contributed by atoms with Gasteiger partial charge in [0.25, 0.3) is 0 Å². The Morgan fingerprint density at radius 3 is 1.70 bits per heavy atom. The first kappa shape index (κ1) is 9.96. The van der Waals surface area contributed by atoms with Gasteiger partial charge in [-0.3, -0.25) is 0 Å². The van der Waals surface area contributed by atoms with Crippen molar-refractivity contribution in [3.63, 3.8) is 0 Å². The van der Waals surface area contributed by atoms with Crippen LogP contribution in [-0.2, 0) is 0 Å². The van der Waals surface area contributed by atoms with Gasteiger partial charge in [-0.05, 0) is 17.8 Å². The summed E-state index contributed by atoms with van der Waals surface area (Å²) in [5, 5.41) is 9.46.